The second kappa shape index (κ2) is 11.5. The van der Waals surface area contributed by atoms with Gasteiger partial charge in [-0.1, -0.05) is 6.07 Å². The molecule has 0 saturated carbocycles. The minimum absolute atomic E-state index is 0.0398. The monoisotopic (exact) mass is 561 g/mol. The van der Waals surface area contributed by atoms with Crippen molar-refractivity contribution in [1.29, 1.82) is 0 Å². The van der Waals surface area contributed by atoms with E-state index < -0.39 is 29.7 Å². The Morgan fingerprint density at radius 1 is 0.914 bits per heavy atom. The molecule has 0 aliphatic heterocycles. The van der Waals surface area contributed by atoms with Crippen molar-refractivity contribution in [3.8, 4) is 11.5 Å². The number of amides is 3. The molecule has 0 bridgehead atoms. The lowest BCUT2D eigenvalue weighted by atomic mass is 10.1. The highest BCUT2D eigenvalue weighted by Crippen LogP contribution is 2.21. The van der Waals surface area contributed by atoms with Gasteiger partial charge in [0.05, 0.1) is 10.4 Å². The first kappa shape index (κ1) is 25.7. The van der Waals surface area contributed by atoms with Crippen molar-refractivity contribution in [2.75, 3.05) is 6.54 Å². The van der Waals surface area contributed by atoms with Gasteiger partial charge in [-0.2, -0.15) is 0 Å². The quantitative estimate of drug-likeness (QED) is 0.233. The van der Waals surface area contributed by atoms with Crippen LogP contribution in [0.1, 0.15) is 36.0 Å². The number of benzene rings is 2. The molecule has 0 radical (unpaired) electrons. The SMILES string of the molecule is O=C(NCc1cc(O)cc(O)c1)c1ccc(C(=O)N[C@@H](CNC(=O)c2cccs2)C(=O)O)c(Br)c1. The molecule has 0 aliphatic rings. The third kappa shape index (κ3) is 7.04. The smallest absolute Gasteiger partial charge is 0.328 e. The van der Waals surface area contributed by atoms with Gasteiger partial charge in [0, 0.05) is 29.2 Å². The first-order valence-electron chi connectivity index (χ1n) is 10.1. The third-order valence-corrected chi connectivity index (χ3v) is 6.23. The second-order valence-corrected chi connectivity index (χ2v) is 9.09. The summed E-state index contributed by atoms with van der Waals surface area (Å²) in [5.41, 5.74) is 0.794. The van der Waals surface area contributed by atoms with E-state index in [0.29, 0.717) is 10.4 Å². The molecule has 1 heterocycles. The topological polar surface area (TPSA) is 165 Å². The fourth-order valence-corrected chi connectivity index (χ4v) is 4.21. The number of hydrogen-bond acceptors (Lipinski definition) is 7. The van der Waals surface area contributed by atoms with Gasteiger partial charge in [0.25, 0.3) is 17.7 Å². The number of hydrogen-bond donors (Lipinski definition) is 6. The molecule has 182 valence electrons. The number of carboxylic acids is 1. The minimum Gasteiger partial charge on any atom is -0.508 e. The molecular formula is C23H20BrN3O7S. The van der Waals surface area contributed by atoms with E-state index in [1.807, 2.05) is 0 Å². The molecule has 12 heteroatoms. The third-order valence-electron chi connectivity index (χ3n) is 4.71. The highest BCUT2D eigenvalue weighted by atomic mass is 79.9. The molecule has 0 saturated heterocycles. The molecule has 3 amide bonds. The van der Waals surface area contributed by atoms with Crippen LogP contribution in [0.25, 0.3) is 0 Å². The van der Waals surface area contributed by atoms with E-state index in [1.165, 1.54) is 47.7 Å². The van der Waals surface area contributed by atoms with Crippen LogP contribution in [0.4, 0.5) is 0 Å². The molecule has 35 heavy (non-hydrogen) atoms. The number of rotatable bonds is 9. The number of carbonyl (C=O) groups is 4. The fraction of sp³-hybridized carbons (Fsp3) is 0.130. The van der Waals surface area contributed by atoms with Crippen LogP contribution in [-0.2, 0) is 11.3 Å². The first-order chi connectivity index (χ1) is 16.6. The van der Waals surface area contributed by atoms with Gasteiger partial charge in [0.2, 0.25) is 0 Å². The van der Waals surface area contributed by atoms with Crippen molar-refractivity contribution in [2.45, 2.75) is 12.6 Å². The van der Waals surface area contributed by atoms with Gasteiger partial charge in [0.1, 0.15) is 17.5 Å². The molecule has 6 N–H and O–H groups in total. The Morgan fingerprint density at radius 2 is 1.63 bits per heavy atom. The van der Waals surface area contributed by atoms with Gasteiger partial charge < -0.3 is 31.3 Å². The van der Waals surface area contributed by atoms with Crippen molar-refractivity contribution in [3.63, 3.8) is 0 Å². The molecule has 2 aromatic carbocycles. The van der Waals surface area contributed by atoms with E-state index >= 15 is 0 Å². The highest BCUT2D eigenvalue weighted by Gasteiger charge is 2.23. The van der Waals surface area contributed by atoms with Crippen LogP contribution in [0.5, 0.6) is 11.5 Å². The summed E-state index contributed by atoms with van der Waals surface area (Å²) in [5, 5.41) is 37.6. The van der Waals surface area contributed by atoms with E-state index in [1.54, 1.807) is 17.5 Å². The number of carboxylic acid groups (broad SMARTS) is 1. The predicted molar refractivity (Wildman–Crippen MR) is 131 cm³/mol. The largest absolute Gasteiger partial charge is 0.508 e. The van der Waals surface area contributed by atoms with Crippen LogP contribution in [0.3, 0.4) is 0 Å². The lowest BCUT2D eigenvalue weighted by Gasteiger charge is -2.16. The first-order valence-corrected chi connectivity index (χ1v) is 11.8. The van der Waals surface area contributed by atoms with Gasteiger partial charge in [-0.15, -0.1) is 11.3 Å². The molecule has 0 aliphatic carbocycles. The second-order valence-electron chi connectivity index (χ2n) is 7.29. The summed E-state index contributed by atoms with van der Waals surface area (Å²) in [7, 11) is 0. The Hall–Kier alpha value is -3.90. The lowest BCUT2D eigenvalue weighted by molar-refractivity contribution is -0.139. The van der Waals surface area contributed by atoms with Crippen LogP contribution in [-0.4, -0.2) is 51.6 Å². The van der Waals surface area contributed by atoms with Crippen LogP contribution < -0.4 is 16.0 Å². The summed E-state index contributed by atoms with van der Waals surface area (Å²) in [5.74, 6) is -3.24. The molecule has 0 unspecified atom stereocenters. The number of phenols is 2. The molecule has 3 rings (SSSR count). The summed E-state index contributed by atoms with van der Waals surface area (Å²) in [6, 6.07) is 10.0. The summed E-state index contributed by atoms with van der Waals surface area (Å²) < 4.78 is 0.254. The maximum absolute atomic E-state index is 12.6. The van der Waals surface area contributed by atoms with Gasteiger partial charge in [0.15, 0.2) is 0 Å². The van der Waals surface area contributed by atoms with E-state index in [4.69, 9.17) is 0 Å². The number of aliphatic carboxylic acids is 1. The van der Waals surface area contributed by atoms with Crippen molar-refractivity contribution >= 4 is 51.0 Å². The highest BCUT2D eigenvalue weighted by molar-refractivity contribution is 9.10. The molecule has 10 nitrogen and oxygen atoms in total. The van der Waals surface area contributed by atoms with Crippen LogP contribution >= 0.6 is 27.3 Å². The molecule has 3 aromatic rings. The normalized spacial score (nSPS) is 11.3. The number of phenolic OH excluding ortho intramolecular Hbond substituents is 2. The Morgan fingerprint density at radius 3 is 2.23 bits per heavy atom. The van der Waals surface area contributed by atoms with Gasteiger partial charge >= 0.3 is 5.97 Å². The van der Waals surface area contributed by atoms with E-state index in [9.17, 15) is 34.5 Å². The zero-order valence-electron chi connectivity index (χ0n) is 17.9. The van der Waals surface area contributed by atoms with Crippen molar-refractivity contribution in [3.05, 3.63) is 80.0 Å². The van der Waals surface area contributed by atoms with E-state index in [0.717, 1.165) is 0 Å². The molecule has 1 atom stereocenters. The fourth-order valence-electron chi connectivity index (χ4n) is 3.01. The van der Waals surface area contributed by atoms with Crippen molar-refractivity contribution in [1.82, 2.24) is 16.0 Å². The zero-order chi connectivity index (χ0) is 25.5. The molecule has 0 spiro atoms. The maximum atomic E-state index is 12.6. The molecule has 0 fully saturated rings. The molecule has 1 aromatic heterocycles. The average Bonchev–Trinajstić information content (AvgIpc) is 3.34. The lowest BCUT2D eigenvalue weighted by Crippen LogP contribution is -2.48. The molecular weight excluding hydrogens is 542 g/mol. The van der Waals surface area contributed by atoms with Gasteiger partial charge in [-0.05, 0) is 63.3 Å². The Bertz CT molecular complexity index is 1240. The van der Waals surface area contributed by atoms with Crippen LogP contribution in [0, 0.1) is 0 Å². The Balaban J connectivity index is 1.61. The summed E-state index contributed by atoms with van der Waals surface area (Å²) in [4.78, 5) is 49.1. The van der Waals surface area contributed by atoms with E-state index in [-0.39, 0.29) is 40.2 Å². The van der Waals surface area contributed by atoms with Crippen molar-refractivity contribution < 1.29 is 34.5 Å². The summed E-state index contributed by atoms with van der Waals surface area (Å²) >= 11 is 4.43. The number of thiophene rings is 1. The standard InChI is InChI=1S/C23H20BrN3O7S/c24-17-8-13(20(30)25-10-12-6-14(28)9-15(29)7-12)3-4-16(17)21(31)27-18(23(33)34)11-26-22(32)19-2-1-5-35-19/h1-9,18,28-29H,10-11H2,(H,25,30)(H,26,32)(H,27,31)(H,33,34)/t18-/m0/s1. The number of nitrogens with one attached hydrogen (secondary N) is 3. The minimum atomic E-state index is -1.38. The van der Waals surface area contributed by atoms with Crippen molar-refractivity contribution in [2.24, 2.45) is 0 Å². The van der Waals surface area contributed by atoms with E-state index in [2.05, 4.69) is 31.9 Å². The Labute approximate surface area is 211 Å². The average molecular weight is 562 g/mol. The Kier molecular flexibility index (Phi) is 8.44. The number of carbonyl (C=O) groups excluding carboxylic acids is 3. The maximum Gasteiger partial charge on any atom is 0.328 e. The van der Waals surface area contributed by atoms with Gasteiger partial charge in [-0.3, -0.25) is 14.4 Å². The number of aromatic hydroxyl groups is 2. The number of halogens is 1. The summed E-state index contributed by atoms with van der Waals surface area (Å²) in [6.07, 6.45) is 0. The summed E-state index contributed by atoms with van der Waals surface area (Å²) in [6.45, 7) is -0.279. The van der Waals surface area contributed by atoms with Gasteiger partial charge in [-0.25, -0.2) is 4.79 Å². The van der Waals surface area contributed by atoms with Crippen LogP contribution in [0.2, 0.25) is 0 Å². The zero-order valence-corrected chi connectivity index (χ0v) is 20.4. The van der Waals surface area contributed by atoms with Crippen LogP contribution in [0.15, 0.2) is 58.4 Å². The predicted octanol–water partition coefficient (Wildman–Crippen LogP) is 2.46.